The van der Waals surface area contributed by atoms with Crippen molar-refractivity contribution in [3.8, 4) is 108 Å². The van der Waals surface area contributed by atoms with E-state index in [0.717, 1.165) is 39.0 Å². The number of aromatic nitrogens is 2. The maximum absolute atomic E-state index is 11.6. The minimum Gasteiger partial charge on any atom is -0.504 e. The molecule has 0 aliphatic rings. The summed E-state index contributed by atoms with van der Waals surface area (Å²) < 4.78 is 3.68. The Labute approximate surface area is 323 Å². The molecule has 0 saturated heterocycles. The molecule has 0 bridgehead atoms. The number of hydrogen-bond donors (Lipinski definition) is 9. The number of rotatable bonds is 6. The number of benzene rings is 7. The van der Waals surface area contributed by atoms with E-state index >= 15 is 0 Å². The summed E-state index contributed by atoms with van der Waals surface area (Å²) >= 11 is 0. The van der Waals surface area contributed by atoms with Crippen LogP contribution in [0.5, 0.6) is 51.7 Å². The van der Waals surface area contributed by atoms with Crippen molar-refractivity contribution in [2.75, 3.05) is 0 Å². The predicted molar refractivity (Wildman–Crippen MR) is 217 cm³/mol. The molecule has 9 aromatic rings. The lowest BCUT2D eigenvalue weighted by Gasteiger charge is -2.20. The third-order valence-electron chi connectivity index (χ3n) is 10.3. The van der Waals surface area contributed by atoms with Crippen molar-refractivity contribution in [2.45, 2.75) is 0 Å². The van der Waals surface area contributed by atoms with Gasteiger partial charge in [-0.1, -0.05) is 91.0 Å². The zero-order valence-corrected chi connectivity index (χ0v) is 29.7. The fourth-order valence-electron chi connectivity index (χ4n) is 7.58. The Morgan fingerprint density at radius 2 is 0.667 bits per heavy atom. The van der Waals surface area contributed by atoms with Crippen LogP contribution in [0.3, 0.4) is 0 Å². The highest BCUT2D eigenvalue weighted by Crippen LogP contribution is 2.62. The second-order valence-electron chi connectivity index (χ2n) is 13.6. The quantitative estimate of drug-likeness (QED) is 0.0587. The smallest absolute Gasteiger partial charge is 0.208 e. The Balaban J connectivity index is 1.23. The Morgan fingerprint density at radius 3 is 1.12 bits per heavy atom. The van der Waals surface area contributed by atoms with Crippen LogP contribution >= 0.6 is 0 Å². The normalized spacial score (nSPS) is 11.4. The Morgan fingerprint density at radius 1 is 0.298 bits per heavy atom. The molecule has 11 nitrogen and oxygen atoms in total. The summed E-state index contributed by atoms with van der Waals surface area (Å²) in [6.45, 7) is 0. The molecule has 280 valence electrons. The molecule has 0 amide bonds. The monoisotopic (exact) mass is 756 g/mol. The van der Waals surface area contributed by atoms with E-state index in [4.69, 9.17) is 0 Å². The molecule has 0 fully saturated rings. The minimum absolute atomic E-state index is 0.446. The summed E-state index contributed by atoms with van der Waals surface area (Å²) in [4.78, 5) is 0. The van der Waals surface area contributed by atoms with E-state index in [1.807, 2.05) is 78.9 Å². The average molecular weight is 757 g/mol. The van der Waals surface area contributed by atoms with Crippen LogP contribution in [0.15, 0.2) is 140 Å². The summed E-state index contributed by atoms with van der Waals surface area (Å²) in [5.74, 6) is -10.6. The molecule has 0 aliphatic heterocycles. The second-order valence-corrected chi connectivity index (χ2v) is 13.6. The van der Waals surface area contributed by atoms with Gasteiger partial charge in [-0.2, -0.15) is 0 Å². The molecular formula is C46H32N2O9. The lowest BCUT2D eigenvalue weighted by atomic mass is 9.97. The number of nitrogens with zero attached hydrogens (tertiary/aromatic N) is 2. The van der Waals surface area contributed by atoms with Crippen molar-refractivity contribution in [3.63, 3.8) is 0 Å². The molecule has 9 rings (SSSR count). The summed E-state index contributed by atoms with van der Waals surface area (Å²) in [5.41, 5.74) is 5.17. The van der Waals surface area contributed by atoms with Gasteiger partial charge >= 0.3 is 0 Å². The molecule has 7 aromatic carbocycles. The van der Waals surface area contributed by atoms with Crippen molar-refractivity contribution >= 4 is 21.8 Å². The SMILES string of the molecule is Oc1c(O)c(O)c(-c2c(O)c(O)c(-n3c(-c4ccccc4)cc4cc(-c5ccc6c(c5)cc(-c5ccccc5)n6-c5ccccc5)ccc43)c(O)c2O)c(O)c1O. The topological polar surface area (TPSA) is 192 Å². The van der Waals surface area contributed by atoms with Gasteiger partial charge in [0.25, 0.3) is 0 Å². The first-order valence-corrected chi connectivity index (χ1v) is 17.7. The van der Waals surface area contributed by atoms with Gasteiger partial charge in [0.2, 0.25) is 17.2 Å². The highest BCUT2D eigenvalue weighted by atomic mass is 16.4. The van der Waals surface area contributed by atoms with Crippen LogP contribution in [-0.2, 0) is 0 Å². The zero-order chi connectivity index (χ0) is 39.7. The Kier molecular flexibility index (Phi) is 7.88. The molecule has 0 spiro atoms. The molecule has 0 aliphatic carbocycles. The lowest BCUT2D eigenvalue weighted by Crippen LogP contribution is -2.00. The van der Waals surface area contributed by atoms with Crippen LogP contribution in [0.4, 0.5) is 0 Å². The maximum atomic E-state index is 11.6. The first kappa shape index (κ1) is 34.6. The number of phenolic OH excluding ortho intramolecular Hbond substituents is 9. The number of aromatic hydroxyl groups is 9. The van der Waals surface area contributed by atoms with Gasteiger partial charge in [-0.3, -0.25) is 0 Å². The third kappa shape index (κ3) is 5.29. The van der Waals surface area contributed by atoms with Gasteiger partial charge in [-0.15, -0.1) is 0 Å². The number of para-hydroxylation sites is 1. The first-order chi connectivity index (χ1) is 27.5. The van der Waals surface area contributed by atoms with Crippen LogP contribution in [0.1, 0.15) is 0 Å². The average Bonchev–Trinajstić information content (AvgIpc) is 3.82. The number of hydrogen-bond acceptors (Lipinski definition) is 9. The van der Waals surface area contributed by atoms with Crippen LogP contribution in [0.2, 0.25) is 0 Å². The van der Waals surface area contributed by atoms with E-state index in [1.165, 1.54) is 4.57 Å². The van der Waals surface area contributed by atoms with Crippen molar-refractivity contribution < 1.29 is 46.0 Å². The second kappa shape index (κ2) is 13.0. The summed E-state index contributed by atoms with van der Waals surface area (Å²) in [5, 5.41) is 98.8. The van der Waals surface area contributed by atoms with Crippen molar-refractivity contribution in [3.05, 3.63) is 140 Å². The summed E-state index contributed by atoms with van der Waals surface area (Å²) in [6.07, 6.45) is 0. The summed E-state index contributed by atoms with van der Waals surface area (Å²) in [7, 11) is 0. The van der Waals surface area contributed by atoms with Crippen LogP contribution in [-0.4, -0.2) is 55.1 Å². The largest absolute Gasteiger partial charge is 0.504 e. The molecule has 9 N–H and O–H groups in total. The third-order valence-corrected chi connectivity index (χ3v) is 10.3. The number of phenols is 9. The van der Waals surface area contributed by atoms with Crippen LogP contribution in [0, 0.1) is 0 Å². The first-order valence-electron chi connectivity index (χ1n) is 17.7. The van der Waals surface area contributed by atoms with Crippen molar-refractivity contribution in [1.29, 1.82) is 0 Å². The molecule has 2 aromatic heterocycles. The zero-order valence-electron chi connectivity index (χ0n) is 29.7. The number of fused-ring (bicyclic) bond motifs is 2. The van der Waals surface area contributed by atoms with E-state index < -0.39 is 68.6 Å². The van der Waals surface area contributed by atoms with Gasteiger partial charge < -0.3 is 55.1 Å². The molecule has 0 radical (unpaired) electrons. The van der Waals surface area contributed by atoms with E-state index in [1.54, 1.807) is 18.2 Å². The lowest BCUT2D eigenvalue weighted by molar-refractivity contribution is 0.329. The van der Waals surface area contributed by atoms with Gasteiger partial charge in [0.05, 0.1) is 33.5 Å². The van der Waals surface area contributed by atoms with Gasteiger partial charge in [-0.05, 0) is 70.8 Å². The Hall–Kier alpha value is -8.18. The van der Waals surface area contributed by atoms with Crippen molar-refractivity contribution in [2.24, 2.45) is 0 Å². The van der Waals surface area contributed by atoms with Gasteiger partial charge in [0, 0.05) is 16.5 Å². The van der Waals surface area contributed by atoms with E-state index in [-0.39, 0.29) is 0 Å². The maximum Gasteiger partial charge on any atom is 0.208 e. The Bertz CT molecular complexity index is 2990. The van der Waals surface area contributed by atoms with Gasteiger partial charge in [-0.25, -0.2) is 0 Å². The van der Waals surface area contributed by atoms with Crippen LogP contribution < -0.4 is 0 Å². The van der Waals surface area contributed by atoms with E-state index in [0.29, 0.717) is 22.2 Å². The fraction of sp³-hybridized carbons (Fsp3) is 0. The van der Waals surface area contributed by atoms with E-state index in [9.17, 15) is 46.0 Å². The van der Waals surface area contributed by atoms with E-state index in [2.05, 4.69) is 47.0 Å². The molecule has 57 heavy (non-hydrogen) atoms. The van der Waals surface area contributed by atoms with Gasteiger partial charge in [0.15, 0.2) is 34.5 Å². The minimum atomic E-state index is -1.29. The van der Waals surface area contributed by atoms with Gasteiger partial charge in [0.1, 0.15) is 5.69 Å². The highest BCUT2D eigenvalue weighted by molar-refractivity contribution is 5.99. The molecule has 0 atom stereocenters. The predicted octanol–water partition coefficient (Wildman–Crippen LogP) is 9.59. The molecule has 0 saturated carbocycles. The van der Waals surface area contributed by atoms with Crippen LogP contribution in [0.25, 0.3) is 77.9 Å². The molecule has 0 unspecified atom stereocenters. The fourth-order valence-corrected chi connectivity index (χ4v) is 7.58. The standard InChI is InChI=1S/C46H32N2O9/c49-38-35(36-40(51)44(55)46(57)45(56)41(36)52)39(50)43(54)37(42(38)53)48-32-19-17-27(21-29(32)23-34(48)25-12-6-2-7-13-25)26-16-18-31-28(20-26)22-33(24-10-4-1-5-11-24)47(31)30-14-8-3-9-15-30/h1-23,49-57H. The molecule has 2 heterocycles. The molecule has 11 heteroatoms. The van der Waals surface area contributed by atoms with Crippen molar-refractivity contribution in [1.82, 2.24) is 9.13 Å². The highest BCUT2D eigenvalue weighted by Gasteiger charge is 2.34. The summed E-state index contributed by atoms with van der Waals surface area (Å²) in [6, 6.07) is 45.2. The molecular weight excluding hydrogens is 725 g/mol.